The topological polar surface area (TPSA) is 68.0 Å². The zero-order chi connectivity index (χ0) is 14.7. The molecule has 5 nitrogen and oxygen atoms in total. The first-order valence-electron chi connectivity index (χ1n) is 6.76. The van der Waals surface area contributed by atoms with E-state index in [1.54, 1.807) is 12.1 Å². The molecule has 0 unspecified atom stereocenters. The predicted molar refractivity (Wildman–Crippen MR) is 81.2 cm³/mol. The molecule has 3 rings (SSSR count). The van der Waals surface area contributed by atoms with Gasteiger partial charge in [0, 0.05) is 17.1 Å². The van der Waals surface area contributed by atoms with E-state index >= 15 is 0 Å². The molecule has 2 heterocycles. The molecule has 1 aliphatic rings. The van der Waals surface area contributed by atoms with Gasteiger partial charge in [-0.15, -0.1) is 10.2 Å². The third-order valence-corrected chi connectivity index (χ3v) is 4.54. The molecule has 110 valence electrons. The van der Waals surface area contributed by atoms with Gasteiger partial charge in [-0.1, -0.05) is 35.9 Å². The smallest absolute Gasteiger partial charge is 0.277 e. The number of nitrogens with zero attached hydrogens (tertiary/aromatic N) is 2. The van der Waals surface area contributed by atoms with E-state index < -0.39 is 0 Å². The molecule has 21 heavy (non-hydrogen) atoms. The average Bonchev–Trinajstić information content (AvgIpc) is 2.85. The van der Waals surface area contributed by atoms with E-state index in [0.717, 1.165) is 31.4 Å². The lowest BCUT2D eigenvalue weighted by Gasteiger charge is -2.08. The second-order valence-electron chi connectivity index (χ2n) is 4.78. The molecule has 1 aromatic carbocycles. The van der Waals surface area contributed by atoms with Crippen LogP contribution >= 0.6 is 23.4 Å². The third kappa shape index (κ3) is 3.57. The van der Waals surface area contributed by atoms with Gasteiger partial charge < -0.3 is 9.73 Å². The molecule has 1 aromatic heterocycles. The van der Waals surface area contributed by atoms with Crippen molar-refractivity contribution in [2.24, 2.45) is 0 Å². The van der Waals surface area contributed by atoms with Crippen molar-refractivity contribution in [1.82, 2.24) is 15.5 Å². The lowest BCUT2D eigenvalue weighted by molar-refractivity contribution is -0.120. The van der Waals surface area contributed by atoms with E-state index in [9.17, 15) is 4.79 Å². The molecule has 2 aromatic rings. The van der Waals surface area contributed by atoms with Crippen LogP contribution in [0.5, 0.6) is 0 Å². The molecule has 1 aliphatic heterocycles. The van der Waals surface area contributed by atoms with Gasteiger partial charge in [0.2, 0.25) is 11.8 Å². The summed E-state index contributed by atoms with van der Waals surface area (Å²) < 4.78 is 5.62. The molecular weight excluding hydrogens is 310 g/mol. The highest BCUT2D eigenvalue weighted by Crippen LogP contribution is 2.30. The molecule has 0 saturated carbocycles. The van der Waals surface area contributed by atoms with E-state index in [0.29, 0.717) is 16.1 Å². The van der Waals surface area contributed by atoms with Crippen molar-refractivity contribution in [3.05, 3.63) is 29.3 Å². The fraction of sp³-hybridized carbons (Fsp3) is 0.357. The molecule has 1 saturated heterocycles. The van der Waals surface area contributed by atoms with Crippen LogP contribution in [0.1, 0.15) is 19.3 Å². The van der Waals surface area contributed by atoms with Gasteiger partial charge in [0.05, 0.1) is 5.25 Å². The van der Waals surface area contributed by atoms with Gasteiger partial charge in [-0.3, -0.25) is 4.79 Å². The summed E-state index contributed by atoms with van der Waals surface area (Å²) in [6.07, 6.45) is 2.86. The second kappa shape index (κ2) is 6.49. The summed E-state index contributed by atoms with van der Waals surface area (Å²) in [5.41, 5.74) is 0.771. The third-order valence-electron chi connectivity index (χ3n) is 3.21. The van der Waals surface area contributed by atoms with Gasteiger partial charge in [0.25, 0.3) is 5.22 Å². The minimum absolute atomic E-state index is 0.0417. The number of benzene rings is 1. The van der Waals surface area contributed by atoms with Crippen LogP contribution in [-0.4, -0.2) is 27.9 Å². The minimum atomic E-state index is -0.167. The van der Waals surface area contributed by atoms with Crippen molar-refractivity contribution in [3.8, 4) is 11.5 Å². The maximum atomic E-state index is 11.9. The van der Waals surface area contributed by atoms with Gasteiger partial charge >= 0.3 is 0 Å². The van der Waals surface area contributed by atoms with E-state index in [2.05, 4.69) is 15.5 Å². The normalized spacial score (nSPS) is 19.1. The second-order valence-corrected chi connectivity index (χ2v) is 6.37. The molecule has 1 fully saturated rings. The number of nitrogens with one attached hydrogen (secondary N) is 1. The summed E-state index contributed by atoms with van der Waals surface area (Å²) in [5, 5.41) is 11.8. The lowest BCUT2D eigenvalue weighted by Crippen LogP contribution is -2.30. The number of carbonyl (C=O) groups is 1. The molecule has 1 N–H and O–H groups in total. The highest BCUT2D eigenvalue weighted by molar-refractivity contribution is 8.00. The van der Waals surface area contributed by atoms with Gasteiger partial charge in [-0.2, -0.15) is 0 Å². The zero-order valence-electron chi connectivity index (χ0n) is 11.2. The first-order valence-corrected chi connectivity index (χ1v) is 8.02. The Morgan fingerprint density at radius 3 is 3.10 bits per heavy atom. The Bertz CT molecular complexity index is 647. The summed E-state index contributed by atoms with van der Waals surface area (Å²) in [7, 11) is 0. The highest BCUT2D eigenvalue weighted by atomic mass is 35.5. The van der Waals surface area contributed by atoms with Crippen LogP contribution in [-0.2, 0) is 4.79 Å². The number of hydrogen-bond acceptors (Lipinski definition) is 5. The van der Waals surface area contributed by atoms with Crippen molar-refractivity contribution in [2.45, 2.75) is 29.7 Å². The van der Waals surface area contributed by atoms with Crippen LogP contribution in [0.15, 0.2) is 33.9 Å². The van der Waals surface area contributed by atoms with Crippen LogP contribution in [0, 0.1) is 0 Å². The standard InChI is InChI=1S/C14H14ClN3O2S/c15-10-5-3-4-9(8-10)13-17-18-14(20-13)21-11-6-1-2-7-16-12(11)19/h3-5,8,11H,1-2,6-7H2,(H,16,19)/t11-/m1/s1. The highest BCUT2D eigenvalue weighted by Gasteiger charge is 2.24. The molecule has 0 aliphatic carbocycles. The minimum Gasteiger partial charge on any atom is -0.411 e. The van der Waals surface area contributed by atoms with Crippen LogP contribution in [0.25, 0.3) is 11.5 Å². The fourth-order valence-corrected chi connectivity index (χ4v) is 3.26. The van der Waals surface area contributed by atoms with Crippen molar-refractivity contribution in [3.63, 3.8) is 0 Å². The number of hydrogen-bond donors (Lipinski definition) is 1. The average molecular weight is 324 g/mol. The quantitative estimate of drug-likeness (QED) is 0.939. The Morgan fingerprint density at radius 2 is 2.24 bits per heavy atom. The fourth-order valence-electron chi connectivity index (χ4n) is 2.14. The molecule has 1 amide bonds. The summed E-state index contributed by atoms with van der Waals surface area (Å²) >= 11 is 7.27. The monoisotopic (exact) mass is 323 g/mol. The van der Waals surface area contributed by atoms with Crippen molar-refractivity contribution < 1.29 is 9.21 Å². The van der Waals surface area contributed by atoms with Crippen LogP contribution in [0.3, 0.4) is 0 Å². The molecular formula is C14H14ClN3O2S. The van der Waals surface area contributed by atoms with Gasteiger partial charge in [-0.25, -0.2) is 0 Å². The Morgan fingerprint density at radius 1 is 1.33 bits per heavy atom. The molecule has 0 spiro atoms. The Kier molecular flexibility index (Phi) is 4.45. The van der Waals surface area contributed by atoms with Crippen LogP contribution in [0.2, 0.25) is 5.02 Å². The number of rotatable bonds is 3. The van der Waals surface area contributed by atoms with Crippen molar-refractivity contribution in [1.29, 1.82) is 0 Å². The largest absolute Gasteiger partial charge is 0.411 e. The van der Waals surface area contributed by atoms with Crippen LogP contribution in [0.4, 0.5) is 0 Å². The lowest BCUT2D eigenvalue weighted by atomic mass is 10.2. The Hall–Kier alpha value is -1.53. The van der Waals surface area contributed by atoms with Gasteiger partial charge in [0.1, 0.15) is 0 Å². The number of thioether (sulfide) groups is 1. The van der Waals surface area contributed by atoms with Crippen LogP contribution < -0.4 is 5.32 Å². The number of aromatic nitrogens is 2. The Balaban J connectivity index is 1.74. The maximum absolute atomic E-state index is 11.9. The van der Waals surface area contributed by atoms with E-state index in [-0.39, 0.29) is 11.2 Å². The van der Waals surface area contributed by atoms with Crippen molar-refractivity contribution in [2.75, 3.05) is 6.54 Å². The van der Waals surface area contributed by atoms with E-state index in [4.69, 9.17) is 16.0 Å². The first-order chi connectivity index (χ1) is 10.2. The number of carbonyl (C=O) groups excluding carboxylic acids is 1. The molecule has 0 radical (unpaired) electrons. The first kappa shape index (κ1) is 14.4. The zero-order valence-corrected chi connectivity index (χ0v) is 12.8. The van der Waals surface area contributed by atoms with Gasteiger partial charge in [0.15, 0.2) is 0 Å². The van der Waals surface area contributed by atoms with E-state index in [1.807, 2.05) is 12.1 Å². The SMILES string of the molecule is O=C1NCCCC[C@H]1Sc1nnc(-c2cccc(Cl)c2)o1. The van der Waals surface area contributed by atoms with Crippen molar-refractivity contribution >= 4 is 29.3 Å². The summed E-state index contributed by atoms with van der Waals surface area (Å²) in [6.45, 7) is 0.744. The molecule has 7 heteroatoms. The number of halogens is 1. The molecule has 1 atom stereocenters. The van der Waals surface area contributed by atoms with E-state index in [1.165, 1.54) is 11.8 Å². The summed E-state index contributed by atoms with van der Waals surface area (Å²) in [6, 6.07) is 7.23. The predicted octanol–water partition coefficient (Wildman–Crippen LogP) is 3.15. The summed E-state index contributed by atoms with van der Waals surface area (Å²) in [5.74, 6) is 0.453. The molecule has 0 bridgehead atoms. The Labute approximate surface area is 131 Å². The number of amides is 1. The maximum Gasteiger partial charge on any atom is 0.277 e. The van der Waals surface area contributed by atoms with Gasteiger partial charge in [-0.05, 0) is 31.0 Å². The summed E-state index contributed by atoms with van der Waals surface area (Å²) in [4.78, 5) is 11.9.